The molecule has 1 aromatic rings. The van der Waals surface area contributed by atoms with Gasteiger partial charge in [0.2, 0.25) is 10.0 Å². The lowest BCUT2D eigenvalue weighted by molar-refractivity contribution is 0.588. The van der Waals surface area contributed by atoms with Crippen LogP contribution in [0.25, 0.3) is 0 Å². The fourth-order valence-electron chi connectivity index (χ4n) is 1.41. The third-order valence-electron chi connectivity index (χ3n) is 2.54. The summed E-state index contributed by atoms with van der Waals surface area (Å²) in [6.45, 7) is 4.57. The molecule has 8 heteroatoms. The predicted molar refractivity (Wildman–Crippen MR) is 94.3 cm³/mol. The number of nitrogens with zero attached hydrogens (tertiary/aromatic N) is 1. The van der Waals surface area contributed by atoms with Gasteiger partial charge in [-0.25, -0.2) is 13.1 Å². The monoisotopic (exact) mass is 412 g/mol. The van der Waals surface area contributed by atoms with Crippen LogP contribution in [0.4, 0.5) is 5.69 Å². The van der Waals surface area contributed by atoms with Crippen molar-refractivity contribution in [2.75, 3.05) is 24.7 Å². The highest BCUT2D eigenvalue weighted by molar-refractivity contribution is 14.0. The molecule has 114 valence electrons. The highest BCUT2D eigenvalue weighted by Crippen LogP contribution is 2.13. The smallest absolute Gasteiger partial charge is 0.208 e. The summed E-state index contributed by atoms with van der Waals surface area (Å²) in [5.74, 6) is 0.263. The number of halogens is 1. The van der Waals surface area contributed by atoms with E-state index in [-0.39, 0.29) is 43.0 Å². The number of aryl methyl sites for hydroxylation is 2. The van der Waals surface area contributed by atoms with Gasteiger partial charge in [-0.3, -0.25) is 4.99 Å². The summed E-state index contributed by atoms with van der Waals surface area (Å²) < 4.78 is 24.0. The van der Waals surface area contributed by atoms with Crippen molar-refractivity contribution in [1.82, 2.24) is 4.72 Å². The van der Waals surface area contributed by atoms with E-state index >= 15 is 0 Å². The van der Waals surface area contributed by atoms with Gasteiger partial charge in [0, 0.05) is 12.2 Å². The second-order valence-electron chi connectivity index (χ2n) is 4.36. The van der Waals surface area contributed by atoms with Gasteiger partial charge in [0.05, 0.1) is 12.8 Å². The second-order valence-corrected chi connectivity index (χ2v) is 6.19. The van der Waals surface area contributed by atoms with Crippen LogP contribution in [0.2, 0.25) is 0 Å². The first-order valence-electron chi connectivity index (χ1n) is 5.87. The van der Waals surface area contributed by atoms with E-state index in [1.165, 1.54) is 5.56 Å². The quantitative estimate of drug-likeness (QED) is 0.293. The van der Waals surface area contributed by atoms with Crippen molar-refractivity contribution in [2.24, 2.45) is 10.7 Å². The minimum absolute atomic E-state index is 0. The number of nitrogens with two attached hydrogens (primary N) is 1. The molecule has 0 spiro atoms. The number of guanidine groups is 1. The molecular formula is C12H21IN4O2S. The van der Waals surface area contributed by atoms with Crippen molar-refractivity contribution in [2.45, 2.75) is 13.8 Å². The van der Waals surface area contributed by atoms with Crippen LogP contribution >= 0.6 is 24.0 Å². The summed E-state index contributed by atoms with van der Waals surface area (Å²) in [7, 11) is -3.17. The number of aliphatic imine (C=N–C) groups is 1. The average Bonchev–Trinajstić information content (AvgIpc) is 2.28. The highest BCUT2D eigenvalue weighted by Gasteiger charge is 1.99. The largest absolute Gasteiger partial charge is 0.370 e. The van der Waals surface area contributed by atoms with Crippen molar-refractivity contribution >= 4 is 45.6 Å². The van der Waals surface area contributed by atoms with Gasteiger partial charge in [0.25, 0.3) is 0 Å². The van der Waals surface area contributed by atoms with Gasteiger partial charge in [-0.2, -0.15) is 0 Å². The Morgan fingerprint density at radius 3 is 2.50 bits per heavy atom. The van der Waals surface area contributed by atoms with Gasteiger partial charge in [-0.1, -0.05) is 6.07 Å². The summed E-state index contributed by atoms with van der Waals surface area (Å²) in [5.41, 5.74) is 8.94. The minimum atomic E-state index is -3.17. The summed E-state index contributed by atoms with van der Waals surface area (Å²) in [6.07, 6.45) is 1.10. The maximum atomic E-state index is 10.8. The third kappa shape index (κ3) is 7.65. The van der Waals surface area contributed by atoms with E-state index in [9.17, 15) is 8.42 Å². The second kappa shape index (κ2) is 8.42. The molecule has 0 aliphatic rings. The third-order valence-corrected chi connectivity index (χ3v) is 3.27. The molecule has 20 heavy (non-hydrogen) atoms. The molecule has 1 rings (SSSR count). The van der Waals surface area contributed by atoms with Crippen molar-refractivity contribution in [3.8, 4) is 0 Å². The number of rotatable bonds is 5. The van der Waals surface area contributed by atoms with Crippen molar-refractivity contribution in [1.29, 1.82) is 0 Å². The van der Waals surface area contributed by atoms with Crippen LogP contribution in [0.15, 0.2) is 23.2 Å². The number of anilines is 1. The van der Waals surface area contributed by atoms with Crippen LogP contribution in [0.3, 0.4) is 0 Å². The highest BCUT2D eigenvalue weighted by atomic mass is 127. The zero-order valence-electron chi connectivity index (χ0n) is 11.8. The summed E-state index contributed by atoms with van der Waals surface area (Å²) >= 11 is 0. The standard InChI is InChI=1S/C12H20N4O2S.HI/c1-9-4-5-11(8-10(9)2)16-12(13)14-6-7-15-19(3,17)18;/h4-5,8,15H,6-7H2,1-3H3,(H3,13,14,16);1H. The molecule has 0 atom stereocenters. The van der Waals surface area contributed by atoms with Gasteiger partial charge in [-0.05, 0) is 37.1 Å². The van der Waals surface area contributed by atoms with E-state index < -0.39 is 10.0 Å². The maximum Gasteiger partial charge on any atom is 0.208 e. The molecule has 0 amide bonds. The Labute approximate surface area is 137 Å². The van der Waals surface area contributed by atoms with E-state index in [2.05, 4.69) is 15.0 Å². The van der Waals surface area contributed by atoms with Crippen LogP contribution in [-0.4, -0.2) is 33.7 Å². The Hall–Kier alpha value is -0.870. The number of sulfonamides is 1. The summed E-state index contributed by atoms with van der Waals surface area (Å²) in [4.78, 5) is 4.03. The lowest BCUT2D eigenvalue weighted by atomic mass is 10.1. The molecule has 6 nitrogen and oxygen atoms in total. The number of benzene rings is 1. The van der Waals surface area contributed by atoms with Crippen LogP contribution in [0.1, 0.15) is 11.1 Å². The summed E-state index contributed by atoms with van der Waals surface area (Å²) in [5, 5.41) is 2.96. The van der Waals surface area contributed by atoms with E-state index in [1.807, 2.05) is 32.0 Å². The minimum Gasteiger partial charge on any atom is -0.370 e. The first-order chi connectivity index (χ1) is 8.78. The first kappa shape index (κ1) is 19.1. The molecule has 0 aliphatic heterocycles. The first-order valence-corrected chi connectivity index (χ1v) is 7.76. The van der Waals surface area contributed by atoms with Crippen LogP contribution < -0.4 is 15.8 Å². The van der Waals surface area contributed by atoms with Crippen LogP contribution in [0, 0.1) is 13.8 Å². The van der Waals surface area contributed by atoms with E-state index in [1.54, 1.807) is 0 Å². The maximum absolute atomic E-state index is 10.8. The molecule has 1 aromatic carbocycles. The zero-order chi connectivity index (χ0) is 14.5. The molecule has 0 unspecified atom stereocenters. The van der Waals surface area contributed by atoms with Crippen molar-refractivity contribution < 1.29 is 8.42 Å². The Morgan fingerprint density at radius 1 is 1.30 bits per heavy atom. The van der Waals surface area contributed by atoms with Crippen LogP contribution in [-0.2, 0) is 10.0 Å². The Morgan fingerprint density at radius 2 is 1.95 bits per heavy atom. The van der Waals surface area contributed by atoms with Gasteiger partial charge < -0.3 is 11.1 Å². The van der Waals surface area contributed by atoms with E-state index in [0.717, 1.165) is 17.5 Å². The van der Waals surface area contributed by atoms with Crippen molar-refractivity contribution in [3.05, 3.63) is 29.3 Å². The normalized spacial score (nSPS) is 11.8. The molecule has 0 fully saturated rings. The Bertz CT molecular complexity index is 573. The van der Waals surface area contributed by atoms with Crippen molar-refractivity contribution in [3.63, 3.8) is 0 Å². The molecular weight excluding hydrogens is 391 g/mol. The SMILES string of the molecule is Cc1ccc(NC(N)=NCCNS(C)(=O)=O)cc1C.I. The number of hydrogen-bond donors (Lipinski definition) is 3. The van der Waals surface area contributed by atoms with E-state index in [0.29, 0.717) is 0 Å². The zero-order valence-corrected chi connectivity index (χ0v) is 15.0. The summed E-state index contributed by atoms with van der Waals surface area (Å²) in [6, 6.07) is 5.89. The lowest BCUT2D eigenvalue weighted by Crippen LogP contribution is -2.27. The molecule has 0 heterocycles. The Kier molecular flexibility index (Phi) is 8.06. The van der Waals surface area contributed by atoms with E-state index in [4.69, 9.17) is 5.73 Å². The molecule has 0 saturated carbocycles. The molecule has 0 saturated heterocycles. The lowest BCUT2D eigenvalue weighted by Gasteiger charge is -2.08. The van der Waals surface area contributed by atoms with Gasteiger partial charge >= 0.3 is 0 Å². The fraction of sp³-hybridized carbons (Fsp3) is 0.417. The Balaban J connectivity index is 0.00000361. The number of nitrogens with one attached hydrogen (secondary N) is 2. The molecule has 0 radical (unpaired) electrons. The number of hydrogen-bond acceptors (Lipinski definition) is 3. The van der Waals surface area contributed by atoms with Crippen LogP contribution in [0.5, 0.6) is 0 Å². The predicted octanol–water partition coefficient (Wildman–Crippen LogP) is 1.20. The van der Waals surface area contributed by atoms with Gasteiger partial charge in [0.15, 0.2) is 5.96 Å². The molecule has 0 aliphatic carbocycles. The van der Waals surface area contributed by atoms with Gasteiger partial charge in [0.1, 0.15) is 0 Å². The topological polar surface area (TPSA) is 96.6 Å². The molecule has 4 N–H and O–H groups in total. The van der Waals surface area contributed by atoms with Gasteiger partial charge in [-0.15, -0.1) is 24.0 Å². The molecule has 0 aromatic heterocycles. The average molecular weight is 412 g/mol. The molecule has 0 bridgehead atoms. The fourth-order valence-corrected chi connectivity index (χ4v) is 1.88.